The van der Waals surface area contributed by atoms with E-state index < -0.39 is 11.6 Å². The predicted octanol–water partition coefficient (Wildman–Crippen LogP) is 4.01. The number of nitrogens with two attached hydrogens (primary N) is 1. The first kappa shape index (κ1) is 11.9. The number of benzene rings is 2. The molecule has 2 aromatic rings. The SMILES string of the molecule is Cc1ccc(Sc2ccc(F)c(F)c2)cc1N. The lowest BCUT2D eigenvalue weighted by molar-refractivity contribution is 0.506. The zero-order valence-electron chi connectivity index (χ0n) is 9.21. The number of hydrogen-bond donors (Lipinski definition) is 1. The number of rotatable bonds is 2. The zero-order valence-corrected chi connectivity index (χ0v) is 10.0. The van der Waals surface area contributed by atoms with Crippen molar-refractivity contribution < 1.29 is 8.78 Å². The van der Waals surface area contributed by atoms with Crippen LogP contribution in [0.15, 0.2) is 46.2 Å². The lowest BCUT2D eigenvalue weighted by atomic mass is 10.2. The second-order valence-corrected chi connectivity index (χ2v) is 4.84. The molecule has 0 saturated heterocycles. The van der Waals surface area contributed by atoms with E-state index in [1.165, 1.54) is 17.8 Å². The summed E-state index contributed by atoms with van der Waals surface area (Å²) in [5.74, 6) is -1.67. The summed E-state index contributed by atoms with van der Waals surface area (Å²) in [5, 5.41) is 0. The van der Waals surface area contributed by atoms with Crippen LogP contribution >= 0.6 is 11.8 Å². The first-order valence-electron chi connectivity index (χ1n) is 5.05. The van der Waals surface area contributed by atoms with Gasteiger partial charge in [0.05, 0.1) is 0 Å². The molecule has 1 nitrogen and oxygen atoms in total. The van der Waals surface area contributed by atoms with E-state index >= 15 is 0 Å². The summed E-state index contributed by atoms with van der Waals surface area (Å²) in [6.07, 6.45) is 0. The van der Waals surface area contributed by atoms with Crippen LogP contribution in [0.3, 0.4) is 0 Å². The van der Waals surface area contributed by atoms with Crippen molar-refractivity contribution in [2.45, 2.75) is 16.7 Å². The van der Waals surface area contributed by atoms with Crippen LogP contribution in [0.4, 0.5) is 14.5 Å². The third kappa shape index (κ3) is 2.77. The molecule has 4 heteroatoms. The highest BCUT2D eigenvalue weighted by Crippen LogP contribution is 2.30. The van der Waals surface area contributed by atoms with Gasteiger partial charge in [-0.15, -0.1) is 0 Å². The van der Waals surface area contributed by atoms with Gasteiger partial charge in [0.15, 0.2) is 11.6 Å². The molecule has 0 heterocycles. The van der Waals surface area contributed by atoms with E-state index in [4.69, 9.17) is 5.73 Å². The lowest BCUT2D eigenvalue weighted by Crippen LogP contribution is -1.89. The average Bonchev–Trinajstić information content (AvgIpc) is 2.29. The molecule has 2 N–H and O–H groups in total. The molecule has 0 aromatic heterocycles. The molecule has 0 saturated carbocycles. The van der Waals surface area contributed by atoms with Crippen molar-refractivity contribution in [3.05, 3.63) is 53.6 Å². The van der Waals surface area contributed by atoms with Crippen LogP contribution < -0.4 is 5.73 Å². The second kappa shape index (κ2) is 4.75. The first-order chi connectivity index (χ1) is 8.06. The monoisotopic (exact) mass is 251 g/mol. The summed E-state index contributed by atoms with van der Waals surface area (Å²) in [6.45, 7) is 1.92. The molecule has 0 spiro atoms. The normalized spacial score (nSPS) is 10.5. The summed E-state index contributed by atoms with van der Waals surface area (Å²) < 4.78 is 25.8. The van der Waals surface area contributed by atoms with Crippen molar-refractivity contribution in [3.8, 4) is 0 Å². The maximum absolute atomic E-state index is 13.0. The predicted molar refractivity (Wildman–Crippen MR) is 66.1 cm³/mol. The largest absolute Gasteiger partial charge is 0.398 e. The molecule has 0 unspecified atom stereocenters. The first-order valence-corrected chi connectivity index (χ1v) is 5.87. The van der Waals surface area contributed by atoms with Crippen LogP contribution in [0.1, 0.15) is 5.56 Å². The van der Waals surface area contributed by atoms with E-state index in [-0.39, 0.29) is 0 Å². The van der Waals surface area contributed by atoms with Gasteiger partial charge in [-0.1, -0.05) is 17.8 Å². The number of nitrogen functional groups attached to an aromatic ring is 1. The van der Waals surface area contributed by atoms with Gasteiger partial charge in [0, 0.05) is 15.5 Å². The van der Waals surface area contributed by atoms with Crippen molar-refractivity contribution >= 4 is 17.4 Å². The highest BCUT2D eigenvalue weighted by Gasteiger charge is 2.04. The van der Waals surface area contributed by atoms with Crippen molar-refractivity contribution in [3.63, 3.8) is 0 Å². The Kier molecular flexibility index (Phi) is 3.33. The topological polar surface area (TPSA) is 26.0 Å². The summed E-state index contributed by atoms with van der Waals surface area (Å²) in [5.41, 5.74) is 7.47. The minimum atomic E-state index is -0.838. The quantitative estimate of drug-likeness (QED) is 0.816. The van der Waals surface area contributed by atoms with Crippen LogP contribution in [0, 0.1) is 18.6 Å². The number of anilines is 1. The Morgan fingerprint density at radius 3 is 2.24 bits per heavy atom. The highest BCUT2D eigenvalue weighted by atomic mass is 32.2. The summed E-state index contributed by atoms with van der Waals surface area (Å²) in [7, 11) is 0. The number of aryl methyl sites for hydroxylation is 1. The van der Waals surface area contributed by atoms with E-state index in [2.05, 4.69) is 0 Å². The van der Waals surface area contributed by atoms with Crippen molar-refractivity contribution in [1.82, 2.24) is 0 Å². The fraction of sp³-hybridized carbons (Fsp3) is 0.0769. The van der Waals surface area contributed by atoms with Gasteiger partial charge >= 0.3 is 0 Å². The van der Waals surface area contributed by atoms with E-state index in [1.807, 2.05) is 25.1 Å². The molecule has 0 amide bonds. The maximum Gasteiger partial charge on any atom is 0.159 e. The molecule has 2 rings (SSSR count). The minimum Gasteiger partial charge on any atom is -0.398 e. The second-order valence-electron chi connectivity index (χ2n) is 3.70. The maximum atomic E-state index is 13.0. The third-order valence-corrected chi connectivity index (χ3v) is 3.36. The van der Waals surface area contributed by atoms with Gasteiger partial charge in [0.25, 0.3) is 0 Å². The van der Waals surface area contributed by atoms with Crippen molar-refractivity contribution in [2.75, 3.05) is 5.73 Å². The smallest absolute Gasteiger partial charge is 0.159 e. The Labute approximate surface area is 103 Å². The molecule has 0 fully saturated rings. The molecule has 0 aliphatic carbocycles. The van der Waals surface area contributed by atoms with Gasteiger partial charge in [-0.2, -0.15) is 0 Å². The molecule has 2 aromatic carbocycles. The van der Waals surface area contributed by atoms with Gasteiger partial charge < -0.3 is 5.73 Å². The van der Waals surface area contributed by atoms with Crippen molar-refractivity contribution in [1.29, 1.82) is 0 Å². The summed E-state index contributed by atoms with van der Waals surface area (Å²) >= 11 is 1.35. The molecule has 0 aliphatic heterocycles. The third-order valence-electron chi connectivity index (χ3n) is 2.38. The fourth-order valence-corrected chi connectivity index (χ4v) is 2.25. The Morgan fingerprint density at radius 1 is 0.941 bits per heavy atom. The van der Waals surface area contributed by atoms with Crippen molar-refractivity contribution in [2.24, 2.45) is 0 Å². The van der Waals surface area contributed by atoms with Crippen LogP contribution in [0.2, 0.25) is 0 Å². The molecular weight excluding hydrogens is 240 g/mol. The Balaban J connectivity index is 2.25. The molecule has 0 atom stereocenters. The van der Waals surface area contributed by atoms with Gasteiger partial charge in [-0.3, -0.25) is 0 Å². The van der Waals surface area contributed by atoms with E-state index in [9.17, 15) is 8.78 Å². The molecule has 88 valence electrons. The Morgan fingerprint density at radius 2 is 1.59 bits per heavy atom. The lowest BCUT2D eigenvalue weighted by Gasteiger charge is -2.05. The van der Waals surface area contributed by atoms with Crippen LogP contribution in [0.25, 0.3) is 0 Å². The van der Waals surface area contributed by atoms with E-state index in [0.717, 1.165) is 16.5 Å². The van der Waals surface area contributed by atoms with Crippen LogP contribution in [-0.2, 0) is 0 Å². The number of halogens is 2. The summed E-state index contributed by atoms with van der Waals surface area (Å²) in [4.78, 5) is 1.55. The minimum absolute atomic E-state index is 0.646. The number of hydrogen-bond acceptors (Lipinski definition) is 2. The molecular formula is C13H11F2NS. The fourth-order valence-electron chi connectivity index (χ4n) is 1.36. The summed E-state index contributed by atoms with van der Waals surface area (Å²) in [6, 6.07) is 9.46. The molecule has 0 radical (unpaired) electrons. The molecule has 0 aliphatic rings. The Bertz CT molecular complexity index is 506. The Hall–Kier alpha value is -1.55. The standard InChI is InChI=1S/C13H11F2NS/c1-8-2-3-10(7-13(8)16)17-9-4-5-11(14)12(15)6-9/h2-7H,16H2,1H3. The van der Waals surface area contributed by atoms with Gasteiger partial charge in [-0.05, 0) is 42.8 Å². The zero-order chi connectivity index (χ0) is 12.4. The molecule has 17 heavy (non-hydrogen) atoms. The van der Waals surface area contributed by atoms with Gasteiger partial charge in [0.2, 0.25) is 0 Å². The van der Waals surface area contributed by atoms with E-state index in [1.54, 1.807) is 6.07 Å². The van der Waals surface area contributed by atoms with E-state index in [0.29, 0.717) is 10.6 Å². The van der Waals surface area contributed by atoms with Gasteiger partial charge in [-0.25, -0.2) is 8.78 Å². The average molecular weight is 251 g/mol. The van der Waals surface area contributed by atoms with Crippen LogP contribution in [0.5, 0.6) is 0 Å². The molecule has 0 bridgehead atoms. The van der Waals surface area contributed by atoms with Crippen LogP contribution in [-0.4, -0.2) is 0 Å². The van der Waals surface area contributed by atoms with Gasteiger partial charge in [0.1, 0.15) is 0 Å². The highest BCUT2D eigenvalue weighted by molar-refractivity contribution is 7.99.